The minimum Gasteiger partial charge on any atom is -0.492 e. The van der Waals surface area contributed by atoms with E-state index in [1.807, 2.05) is 45.0 Å². The summed E-state index contributed by atoms with van der Waals surface area (Å²) in [7, 11) is 0. The predicted molar refractivity (Wildman–Crippen MR) is 65.8 cm³/mol. The lowest BCUT2D eigenvalue weighted by Crippen LogP contribution is -2.50. The number of aliphatic hydroxyl groups excluding tert-OH is 1. The molecule has 16 heavy (non-hydrogen) atoms. The third kappa shape index (κ3) is 3.83. The van der Waals surface area contributed by atoms with Crippen LogP contribution in [0, 0.1) is 6.92 Å². The van der Waals surface area contributed by atoms with Gasteiger partial charge in [-0.2, -0.15) is 0 Å². The van der Waals surface area contributed by atoms with Crippen molar-refractivity contribution < 1.29 is 9.84 Å². The fraction of sp³-hybridized carbons (Fsp3) is 0.538. The van der Waals surface area contributed by atoms with Crippen molar-refractivity contribution in [2.45, 2.75) is 26.3 Å². The van der Waals surface area contributed by atoms with Crippen LogP contribution in [0.25, 0.3) is 0 Å². The fourth-order valence-electron chi connectivity index (χ4n) is 1.46. The second kappa shape index (κ2) is 5.87. The largest absolute Gasteiger partial charge is 0.492 e. The van der Waals surface area contributed by atoms with Crippen LogP contribution in [0.5, 0.6) is 5.75 Å². The van der Waals surface area contributed by atoms with Gasteiger partial charge in [-0.05, 0) is 32.5 Å². The topological polar surface area (TPSA) is 41.5 Å². The van der Waals surface area contributed by atoms with Gasteiger partial charge in [0.15, 0.2) is 0 Å². The Kier molecular flexibility index (Phi) is 4.77. The molecule has 1 aromatic carbocycles. The number of nitrogens with one attached hydrogen (secondary N) is 1. The van der Waals surface area contributed by atoms with Crippen molar-refractivity contribution in [2.24, 2.45) is 0 Å². The molecule has 3 nitrogen and oxygen atoms in total. The summed E-state index contributed by atoms with van der Waals surface area (Å²) in [4.78, 5) is 0. The Hall–Kier alpha value is -1.06. The number of ether oxygens (including phenoxy) is 1. The maximum absolute atomic E-state index is 9.30. The number of hydrogen-bond donors (Lipinski definition) is 2. The number of aryl methyl sites for hydroxylation is 1. The van der Waals surface area contributed by atoms with E-state index in [0.29, 0.717) is 6.61 Å². The van der Waals surface area contributed by atoms with Crippen LogP contribution in [0.1, 0.15) is 19.4 Å². The van der Waals surface area contributed by atoms with E-state index in [2.05, 4.69) is 5.32 Å². The molecule has 0 aliphatic rings. The van der Waals surface area contributed by atoms with Crippen molar-refractivity contribution in [1.29, 1.82) is 0 Å². The maximum atomic E-state index is 9.30. The highest BCUT2D eigenvalue weighted by molar-refractivity contribution is 5.26. The van der Waals surface area contributed by atoms with E-state index < -0.39 is 0 Å². The molecule has 1 atom stereocenters. The van der Waals surface area contributed by atoms with Crippen LogP contribution in [-0.2, 0) is 0 Å². The summed E-state index contributed by atoms with van der Waals surface area (Å²) < 4.78 is 5.65. The monoisotopic (exact) mass is 223 g/mol. The number of aliphatic hydroxyl groups is 1. The number of benzene rings is 1. The lowest BCUT2D eigenvalue weighted by Gasteiger charge is -2.28. The molecule has 90 valence electrons. The van der Waals surface area contributed by atoms with Gasteiger partial charge in [-0.25, -0.2) is 0 Å². The molecule has 0 aliphatic carbocycles. The average Bonchev–Trinajstić information content (AvgIpc) is 2.29. The summed E-state index contributed by atoms with van der Waals surface area (Å²) in [5.41, 5.74) is 0.837. The number of likely N-dealkylation sites (N-methyl/N-ethyl adjacent to an activating group) is 1. The van der Waals surface area contributed by atoms with Crippen LogP contribution in [0.3, 0.4) is 0 Å². The molecule has 1 aromatic rings. The first-order chi connectivity index (χ1) is 7.59. The zero-order chi connectivity index (χ0) is 12.0. The van der Waals surface area contributed by atoms with E-state index in [9.17, 15) is 5.11 Å². The van der Waals surface area contributed by atoms with E-state index in [1.54, 1.807) is 0 Å². The highest BCUT2D eigenvalue weighted by Gasteiger charge is 2.22. The van der Waals surface area contributed by atoms with Crippen molar-refractivity contribution in [1.82, 2.24) is 5.32 Å². The summed E-state index contributed by atoms with van der Waals surface area (Å²) in [6.07, 6.45) is 0. The van der Waals surface area contributed by atoms with Crippen LogP contribution in [0.4, 0.5) is 0 Å². The van der Waals surface area contributed by atoms with Crippen molar-refractivity contribution in [3.05, 3.63) is 29.8 Å². The first kappa shape index (κ1) is 13.0. The van der Waals surface area contributed by atoms with Crippen LogP contribution in [0.2, 0.25) is 0 Å². The number of rotatable bonds is 6. The molecule has 0 radical (unpaired) electrons. The molecular weight excluding hydrogens is 202 g/mol. The molecule has 0 aliphatic heterocycles. The SMILES string of the molecule is CCNC(C)(CO)COc1ccc(C)cc1. The molecule has 0 aromatic heterocycles. The van der Waals surface area contributed by atoms with Gasteiger partial charge in [-0.15, -0.1) is 0 Å². The van der Waals surface area contributed by atoms with E-state index in [4.69, 9.17) is 4.74 Å². The molecule has 3 heteroatoms. The Labute approximate surface area is 97.4 Å². The maximum Gasteiger partial charge on any atom is 0.119 e. The zero-order valence-electron chi connectivity index (χ0n) is 10.3. The Morgan fingerprint density at radius 1 is 1.31 bits per heavy atom. The fourth-order valence-corrected chi connectivity index (χ4v) is 1.46. The highest BCUT2D eigenvalue weighted by Crippen LogP contribution is 2.13. The third-order valence-electron chi connectivity index (χ3n) is 2.53. The van der Waals surface area contributed by atoms with Gasteiger partial charge in [0.25, 0.3) is 0 Å². The van der Waals surface area contributed by atoms with Gasteiger partial charge in [0, 0.05) is 0 Å². The molecule has 0 spiro atoms. The van der Waals surface area contributed by atoms with E-state index in [0.717, 1.165) is 12.3 Å². The summed E-state index contributed by atoms with van der Waals surface area (Å²) in [6.45, 7) is 7.34. The molecule has 2 N–H and O–H groups in total. The smallest absolute Gasteiger partial charge is 0.119 e. The van der Waals surface area contributed by atoms with Gasteiger partial charge >= 0.3 is 0 Å². The summed E-state index contributed by atoms with van der Waals surface area (Å²) in [5.74, 6) is 0.836. The third-order valence-corrected chi connectivity index (χ3v) is 2.53. The first-order valence-electron chi connectivity index (χ1n) is 5.65. The molecule has 1 rings (SSSR count). The summed E-state index contributed by atoms with van der Waals surface area (Å²) in [5, 5.41) is 12.5. The van der Waals surface area contributed by atoms with Crippen LogP contribution < -0.4 is 10.1 Å². The number of hydrogen-bond acceptors (Lipinski definition) is 3. The molecule has 1 unspecified atom stereocenters. The molecule has 0 saturated carbocycles. The molecule has 0 amide bonds. The van der Waals surface area contributed by atoms with Gasteiger partial charge in [-0.1, -0.05) is 24.6 Å². The molecule has 0 fully saturated rings. The van der Waals surface area contributed by atoms with Crippen molar-refractivity contribution in [3.8, 4) is 5.75 Å². The second-order valence-corrected chi connectivity index (χ2v) is 4.35. The average molecular weight is 223 g/mol. The molecular formula is C13H21NO2. The van der Waals surface area contributed by atoms with Crippen molar-refractivity contribution in [3.63, 3.8) is 0 Å². The van der Waals surface area contributed by atoms with Crippen molar-refractivity contribution >= 4 is 0 Å². The Morgan fingerprint density at radius 3 is 2.44 bits per heavy atom. The van der Waals surface area contributed by atoms with Crippen LogP contribution in [-0.4, -0.2) is 30.4 Å². The molecule has 0 heterocycles. The van der Waals surface area contributed by atoms with E-state index in [-0.39, 0.29) is 12.1 Å². The van der Waals surface area contributed by atoms with Crippen molar-refractivity contribution in [2.75, 3.05) is 19.8 Å². The van der Waals surface area contributed by atoms with Crippen LogP contribution in [0.15, 0.2) is 24.3 Å². The standard InChI is InChI=1S/C13H21NO2/c1-4-14-13(3,9-15)10-16-12-7-5-11(2)6-8-12/h5-8,14-15H,4,9-10H2,1-3H3. The van der Waals surface area contributed by atoms with Gasteiger partial charge in [0.05, 0.1) is 12.1 Å². The zero-order valence-corrected chi connectivity index (χ0v) is 10.3. The van der Waals surface area contributed by atoms with Gasteiger partial charge in [0.2, 0.25) is 0 Å². The second-order valence-electron chi connectivity index (χ2n) is 4.35. The van der Waals surface area contributed by atoms with Gasteiger partial charge < -0.3 is 15.2 Å². The molecule has 0 saturated heterocycles. The lowest BCUT2D eigenvalue weighted by molar-refractivity contribution is 0.117. The lowest BCUT2D eigenvalue weighted by atomic mass is 10.1. The minimum absolute atomic E-state index is 0.0622. The summed E-state index contributed by atoms with van der Waals surface area (Å²) >= 11 is 0. The van der Waals surface area contributed by atoms with Crippen LogP contribution >= 0.6 is 0 Å². The summed E-state index contributed by atoms with van der Waals surface area (Å²) in [6, 6.07) is 7.91. The van der Waals surface area contributed by atoms with Gasteiger partial charge in [0.1, 0.15) is 12.4 Å². The minimum atomic E-state index is -0.375. The Morgan fingerprint density at radius 2 is 1.94 bits per heavy atom. The van der Waals surface area contributed by atoms with Gasteiger partial charge in [-0.3, -0.25) is 0 Å². The van der Waals surface area contributed by atoms with E-state index in [1.165, 1.54) is 5.56 Å². The Balaban J connectivity index is 2.52. The first-order valence-corrected chi connectivity index (χ1v) is 5.65. The highest BCUT2D eigenvalue weighted by atomic mass is 16.5. The molecule has 0 bridgehead atoms. The Bertz CT molecular complexity index is 310. The normalized spacial score (nSPS) is 14.5. The predicted octanol–water partition coefficient (Wildman–Crippen LogP) is 1.73. The quantitative estimate of drug-likeness (QED) is 0.772. The van der Waals surface area contributed by atoms with E-state index >= 15 is 0 Å².